The van der Waals surface area contributed by atoms with Gasteiger partial charge in [-0.25, -0.2) is 8.78 Å². The van der Waals surface area contributed by atoms with Gasteiger partial charge in [0.2, 0.25) is 5.24 Å². The zero-order chi connectivity index (χ0) is 13.2. The maximum atomic E-state index is 14.0. The number of rotatable bonds is 3. The van der Waals surface area contributed by atoms with Crippen molar-refractivity contribution in [2.24, 2.45) is 0 Å². The number of hydrogen-bond donors (Lipinski definition) is 0. The topological polar surface area (TPSA) is 17.1 Å². The Morgan fingerprint density at radius 3 is 2.50 bits per heavy atom. The highest BCUT2D eigenvalue weighted by Crippen LogP contribution is 2.40. The van der Waals surface area contributed by atoms with E-state index >= 15 is 0 Å². The van der Waals surface area contributed by atoms with E-state index in [9.17, 15) is 13.6 Å². The van der Waals surface area contributed by atoms with Crippen molar-refractivity contribution < 1.29 is 13.6 Å². The first-order chi connectivity index (χ1) is 8.49. The molecule has 94 valence electrons. The summed E-state index contributed by atoms with van der Waals surface area (Å²) < 4.78 is 27.9. The number of carbonyl (C=O) groups excluding carboxylic acids is 1. The molecule has 1 aromatic rings. The first kappa shape index (κ1) is 13.0. The van der Waals surface area contributed by atoms with Crippen LogP contribution < -0.4 is 0 Å². The normalized spacial score (nSPS) is 21.5. The smallest absolute Gasteiger partial charge is 0.277 e. The monoisotopic (exact) mass is 268 g/mol. The van der Waals surface area contributed by atoms with Gasteiger partial charge in [-0.3, -0.25) is 4.79 Å². The van der Waals surface area contributed by atoms with E-state index in [1.54, 1.807) is 30.3 Å². The van der Waals surface area contributed by atoms with Crippen LogP contribution in [0.3, 0.4) is 0 Å². The van der Waals surface area contributed by atoms with Crippen molar-refractivity contribution in [3.63, 3.8) is 0 Å². The van der Waals surface area contributed by atoms with Gasteiger partial charge in [0.15, 0.2) is 0 Å². The minimum atomic E-state index is -3.00. The third-order valence-electron chi connectivity index (χ3n) is 2.80. The van der Waals surface area contributed by atoms with Crippen molar-refractivity contribution in [3.8, 4) is 0 Å². The molecule has 0 fully saturated rings. The molecule has 18 heavy (non-hydrogen) atoms. The first-order valence-electron chi connectivity index (χ1n) is 5.50. The Morgan fingerprint density at radius 1 is 1.28 bits per heavy atom. The van der Waals surface area contributed by atoms with Crippen LogP contribution in [-0.2, 0) is 4.79 Å². The van der Waals surface area contributed by atoms with Crippen molar-refractivity contribution in [2.45, 2.75) is 18.3 Å². The second kappa shape index (κ2) is 5.02. The summed E-state index contributed by atoms with van der Waals surface area (Å²) in [7, 11) is 0. The van der Waals surface area contributed by atoms with Crippen LogP contribution in [0.15, 0.2) is 54.1 Å². The molecule has 1 nitrogen and oxygen atoms in total. The summed E-state index contributed by atoms with van der Waals surface area (Å²) in [5.41, 5.74) is 0.804. The molecule has 0 saturated carbocycles. The van der Waals surface area contributed by atoms with E-state index in [0.29, 0.717) is 5.56 Å². The van der Waals surface area contributed by atoms with Crippen molar-refractivity contribution in [1.29, 1.82) is 0 Å². The van der Waals surface area contributed by atoms with Crippen molar-refractivity contribution in [2.75, 3.05) is 0 Å². The molecule has 0 N–H and O–H groups in total. The Labute approximate surface area is 109 Å². The summed E-state index contributed by atoms with van der Waals surface area (Å²) in [6, 6.07) is 8.55. The Morgan fingerprint density at radius 2 is 1.94 bits per heavy atom. The molecule has 4 heteroatoms. The van der Waals surface area contributed by atoms with Gasteiger partial charge < -0.3 is 0 Å². The van der Waals surface area contributed by atoms with E-state index < -0.39 is 17.1 Å². The maximum absolute atomic E-state index is 14.0. The summed E-state index contributed by atoms with van der Waals surface area (Å²) in [6.07, 6.45) is 3.61. The Hall–Kier alpha value is -1.48. The van der Waals surface area contributed by atoms with E-state index in [-0.39, 0.29) is 12.0 Å². The van der Waals surface area contributed by atoms with Gasteiger partial charge in [0, 0.05) is 6.42 Å². The fourth-order valence-corrected chi connectivity index (χ4v) is 2.15. The van der Waals surface area contributed by atoms with Crippen LogP contribution in [0.4, 0.5) is 8.78 Å². The number of halogens is 3. The number of allylic oxidation sites excluding steroid dienone is 4. The summed E-state index contributed by atoms with van der Waals surface area (Å²) in [6.45, 7) is 0. The minimum absolute atomic E-state index is 0.171. The van der Waals surface area contributed by atoms with E-state index in [1.807, 2.05) is 0 Å². The van der Waals surface area contributed by atoms with Crippen LogP contribution in [0.25, 0.3) is 0 Å². The maximum Gasteiger partial charge on any atom is 0.277 e. The molecule has 2 rings (SSSR count). The van der Waals surface area contributed by atoms with Crippen LogP contribution in [0.1, 0.15) is 17.9 Å². The van der Waals surface area contributed by atoms with Crippen molar-refractivity contribution >= 4 is 16.8 Å². The zero-order valence-corrected chi connectivity index (χ0v) is 10.2. The highest BCUT2D eigenvalue weighted by Gasteiger charge is 2.38. The fraction of sp³-hybridized carbons (Fsp3) is 0.214. The van der Waals surface area contributed by atoms with E-state index in [1.165, 1.54) is 12.2 Å². The quantitative estimate of drug-likeness (QED) is 0.756. The lowest BCUT2D eigenvalue weighted by Crippen LogP contribution is -2.25. The van der Waals surface area contributed by atoms with Gasteiger partial charge in [0.05, 0.1) is 5.92 Å². The lowest BCUT2D eigenvalue weighted by molar-refractivity contribution is -0.111. The van der Waals surface area contributed by atoms with Gasteiger partial charge >= 0.3 is 0 Å². The predicted molar refractivity (Wildman–Crippen MR) is 66.8 cm³/mol. The Balaban J connectivity index is 2.26. The molecule has 1 aliphatic carbocycles. The highest BCUT2D eigenvalue weighted by atomic mass is 35.5. The fourth-order valence-electron chi connectivity index (χ4n) is 2.00. The van der Waals surface area contributed by atoms with Crippen LogP contribution in [0, 0.1) is 0 Å². The molecule has 0 heterocycles. The molecule has 1 aromatic carbocycles. The first-order valence-corrected chi connectivity index (χ1v) is 5.88. The molecular weight excluding hydrogens is 258 g/mol. The molecule has 0 saturated heterocycles. The highest BCUT2D eigenvalue weighted by molar-refractivity contribution is 6.63. The molecule has 0 aromatic heterocycles. The third kappa shape index (κ3) is 2.85. The average Bonchev–Trinajstić information content (AvgIpc) is 2.28. The molecule has 1 atom stereocenters. The van der Waals surface area contributed by atoms with Crippen LogP contribution in [0.2, 0.25) is 0 Å². The molecule has 0 spiro atoms. The van der Waals surface area contributed by atoms with Gasteiger partial charge in [0.25, 0.3) is 5.92 Å². The third-order valence-corrected chi connectivity index (χ3v) is 2.93. The van der Waals surface area contributed by atoms with Crippen molar-refractivity contribution in [3.05, 3.63) is 59.7 Å². The lowest BCUT2D eigenvalue weighted by Gasteiger charge is -2.26. The number of carbonyl (C=O) groups is 1. The second-order valence-corrected chi connectivity index (χ2v) is 4.59. The molecule has 0 aliphatic heterocycles. The number of benzene rings is 1. The number of alkyl halides is 2. The second-order valence-electron chi connectivity index (χ2n) is 4.17. The van der Waals surface area contributed by atoms with Gasteiger partial charge in [0.1, 0.15) is 0 Å². The van der Waals surface area contributed by atoms with Crippen LogP contribution >= 0.6 is 11.6 Å². The summed E-state index contributed by atoms with van der Waals surface area (Å²) in [5.74, 6) is -3.99. The molecule has 0 amide bonds. The van der Waals surface area contributed by atoms with Crippen molar-refractivity contribution in [1.82, 2.24) is 0 Å². The predicted octanol–water partition coefficient (Wildman–Crippen LogP) is 4.06. The minimum Gasteiger partial charge on any atom is -0.281 e. The molecule has 1 unspecified atom stereocenters. The van der Waals surface area contributed by atoms with Gasteiger partial charge in [-0.1, -0.05) is 42.5 Å². The molecule has 0 bridgehead atoms. The molecule has 1 aliphatic rings. The summed E-state index contributed by atoms with van der Waals surface area (Å²) in [4.78, 5) is 10.7. The van der Waals surface area contributed by atoms with Gasteiger partial charge in [-0.2, -0.15) is 0 Å². The molecular formula is C14H11ClF2O. The Kier molecular flexibility index (Phi) is 3.62. The standard InChI is InChI=1S/C14H11ClF2O/c15-13(18)8-10-6-7-12(14(16,17)9-10)11-4-2-1-3-5-11/h1-7,9,12H,8H2. The van der Waals surface area contributed by atoms with Gasteiger partial charge in [-0.05, 0) is 28.8 Å². The molecule has 0 radical (unpaired) electrons. The van der Waals surface area contributed by atoms with E-state index in [0.717, 1.165) is 6.08 Å². The van der Waals surface area contributed by atoms with E-state index in [2.05, 4.69) is 0 Å². The largest absolute Gasteiger partial charge is 0.281 e. The lowest BCUT2D eigenvalue weighted by atomic mass is 9.86. The average molecular weight is 269 g/mol. The summed E-state index contributed by atoms with van der Waals surface area (Å²) >= 11 is 5.20. The zero-order valence-electron chi connectivity index (χ0n) is 9.45. The van der Waals surface area contributed by atoms with Crippen LogP contribution in [-0.4, -0.2) is 11.2 Å². The van der Waals surface area contributed by atoms with Crippen LogP contribution in [0.5, 0.6) is 0 Å². The Bertz CT molecular complexity index is 506. The SMILES string of the molecule is O=C(Cl)CC1=CC(F)(F)C(c2ccccc2)C=C1. The van der Waals surface area contributed by atoms with Gasteiger partial charge in [-0.15, -0.1) is 0 Å². The number of hydrogen-bond acceptors (Lipinski definition) is 1. The van der Waals surface area contributed by atoms with E-state index in [4.69, 9.17) is 11.6 Å². The summed E-state index contributed by atoms with van der Waals surface area (Å²) in [5, 5.41) is -0.639.